The first-order chi connectivity index (χ1) is 8.74. The second-order valence-electron chi connectivity index (χ2n) is 5.40. The zero-order valence-corrected chi connectivity index (χ0v) is 11.4. The molecule has 1 unspecified atom stereocenters. The Labute approximate surface area is 111 Å². The molecule has 2 aliphatic rings. The lowest BCUT2D eigenvalue weighted by atomic mass is 9.73. The number of carbonyl (C=O) groups is 1. The van der Waals surface area contributed by atoms with E-state index in [0.717, 1.165) is 29.9 Å². The summed E-state index contributed by atoms with van der Waals surface area (Å²) in [6.45, 7) is 3.88. The Kier molecular flexibility index (Phi) is 3.24. The van der Waals surface area contributed by atoms with Crippen LogP contribution in [0.25, 0.3) is 0 Å². The molecule has 2 amide bonds. The van der Waals surface area contributed by atoms with Gasteiger partial charge in [-0.2, -0.15) is 0 Å². The van der Waals surface area contributed by atoms with Gasteiger partial charge in [0, 0.05) is 24.7 Å². The van der Waals surface area contributed by atoms with Crippen LogP contribution >= 0.6 is 11.3 Å². The van der Waals surface area contributed by atoms with Crippen LogP contribution in [0.2, 0.25) is 0 Å². The van der Waals surface area contributed by atoms with Gasteiger partial charge in [0.05, 0.1) is 6.04 Å². The number of likely N-dealkylation sites (tertiary alicyclic amines) is 1. The first-order valence-electron chi connectivity index (χ1n) is 6.69. The molecular formula is C13H19N3OS. The fourth-order valence-corrected chi connectivity index (χ4v) is 3.32. The number of hydrogen-bond donors (Lipinski definition) is 1. The van der Waals surface area contributed by atoms with Gasteiger partial charge in [0.25, 0.3) is 0 Å². The second-order valence-corrected chi connectivity index (χ2v) is 6.32. The zero-order chi connectivity index (χ0) is 12.5. The van der Waals surface area contributed by atoms with E-state index in [0.29, 0.717) is 0 Å². The van der Waals surface area contributed by atoms with Gasteiger partial charge < -0.3 is 10.2 Å². The molecule has 1 aromatic rings. The van der Waals surface area contributed by atoms with Gasteiger partial charge in [0.2, 0.25) is 0 Å². The Bertz CT molecular complexity index is 410. The fourth-order valence-electron chi connectivity index (χ4n) is 2.67. The highest BCUT2D eigenvalue weighted by Crippen LogP contribution is 2.38. The summed E-state index contributed by atoms with van der Waals surface area (Å²) in [5.41, 5.74) is 0. The zero-order valence-electron chi connectivity index (χ0n) is 10.6. The summed E-state index contributed by atoms with van der Waals surface area (Å²) in [4.78, 5) is 18.1. The first-order valence-corrected chi connectivity index (χ1v) is 7.57. The molecule has 2 fully saturated rings. The third-order valence-corrected chi connectivity index (χ3v) is 5.13. The maximum absolute atomic E-state index is 12.0. The Morgan fingerprint density at radius 3 is 2.83 bits per heavy atom. The van der Waals surface area contributed by atoms with Crippen LogP contribution in [0.4, 0.5) is 4.79 Å². The average Bonchev–Trinajstić information content (AvgIpc) is 2.72. The predicted octanol–water partition coefficient (Wildman–Crippen LogP) is 2.65. The smallest absolute Gasteiger partial charge is 0.317 e. The van der Waals surface area contributed by atoms with E-state index in [1.165, 1.54) is 19.3 Å². The Hall–Kier alpha value is -1.10. The van der Waals surface area contributed by atoms with Crippen molar-refractivity contribution in [2.24, 2.45) is 11.8 Å². The van der Waals surface area contributed by atoms with E-state index < -0.39 is 0 Å². The molecule has 1 saturated heterocycles. The highest BCUT2D eigenvalue weighted by molar-refractivity contribution is 7.09. The molecule has 1 atom stereocenters. The number of nitrogens with one attached hydrogen (secondary N) is 1. The number of carbonyl (C=O) groups excluding carboxylic acids is 1. The minimum absolute atomic E-state index is 0.0141. The number of aromatic nitrogens is 1. The van der Waals surface area contributed by atoms with Crippen molar-refractivity contribution in [3.05, 3.63) is 16.6 Å². The Balaban J connectivity index is 1.45. The van der Waals surface area contributed by atoms with E-state index in [1.54, 1.807) is 17.5 Å². The molecule has 3 rings (SSSR count). The summed E-state index contributed by atoms with van der Waals surface area (Å²) >= 11 is 1.58. The monoisotopic (exact) mass is 265 g/mol. The van der Waals surface area contributed by atoms with Crippen molar-refractivity contribution < 1.29 is 4.79 Å². The van der Waals surface area contributed by atoms with Crippen LogP contribution in [-0.4, -0.2) is 29.0 Å². The van der Waals surface area contributed by atoms with Crippen molar-refractivity contribution in [1.29, 1.82) is 0 Å². The highest BCUT2D eigenvalue weighted by Gasteiger charge is 2.38. The van der Waals surface area contributed by atoms with Gasteiger partial charge in [0.1, 0.15) is 5.01 Å². The highest BCUT2D eigenvalue weighted by atomic mass is 32.1. The van der Waals surface area contributed by atoms with E-state index in [-0.39, 0.29) is 12.1 Å². The largest absolute Gasteiger partial charge is 0.329 e. The van der Waals surface area contributed by atoms with E-state index in [9.17, 15) is 4.79 Å². The van der Waals surface area contributed by atoms with Gasteiger partial charge in [-0.15, -0.1) is 11.3 Å². The molecule has 0 bridgehead atoms. The lowest BCUT2D eigenvalue weighted by Crippen LogP contribution is -2.56. The summed E-state index contributed by atoms with van der Waals surface area (Å²) in [7, 11) is 0. The fraction of sp³-hybridized carbons (Fsp3) is 0.692. The topological polar surface area (TPSA) is 45.2 Å². The van der Waals surface area contributed by atoms with Crippen LogP contribution in [0, 0.1) is 11.8 Å². The van der Waals surface area contributed by atoms with Gasteiger partial charge in [0.15, 0.2) is 0 Å². The average molecular weight is 265 g/mol. The third-order valence-electron chi connectivity index (χ3n) is 4.18. The quantitative estimate of drug-likeness (QED) is 0.913. The maximum Gasteiger partial charge on any atom is 0.317 e. The molecule has 1 saturated carbocycles. The molecular weight excluding hydrogens is 246 g/mol. The molecule has 0 radical (unpaired) electrons. The lowest BCUT2D eigenvalue weighted by Gasteiger charge is -2.46. The number of urea groups is 1. The van der Waals surface area contributed by atoms with Crippen molar-refractivity contribution in [2.75, 3.05) is 13.1 Å². The normalized spacial score (nSPS) is 22.2. The summed E-state index contributed by atoms with van der Waals surface area (Å²) in [5, 5.41) is 5.93. The molecule has 98 valence electrons. The molecule has 1 aliphatic heterocycles. The summed E-state index contributed by atoms with van der Waals surface area (Å²) in [6.07, 6.45) is 5.90. The number of nitrogens with zero attached hydrogens (tertiary/aromatic N) is 2. The molecule has 0 aromatic carbocycles. The van der Waals surface area contributed by atoms with Gasteiger partial charge >= 0.3 is 6.03 Å². The summed E-state index contributed by atoms with van der Waals surface area (Å²) in [6, 6.07) is 0.0773. The summed E-state index contributed by atoms with van der Waals surface area (Å²) in [5.74, 6) is 1.66. The van der Waals surface area contributed by atoms with Crippen LogP contribution in [0.15, 0.2) is 11.6 Å². The van der Waals surface area contributed by atoms with Gasteiger partial charge in [-0.05, 0) is 18.8 Å². The third kappa shape index (κ3) is 2.23. The Morgan fingerprint density at radius 1 is 1.50 bits per heavy atom. The predicted molar refractivity (Wildman–Crippen MR) is 71.5 cm³/mol. The SMILES string of the molecule is CC(NC(=O)N1CC(C2CCC2)C1)c1nccs1. The van der Waals surface area contributed by atoms with Crippen molar-refractivity contribution in [3.8, 4) is 0 Å². The number of rotatable bonds is 3. The van der Waals surface area contributed by atoms with E-state index in [2.05, 4.69) is 10.3 Å². The van der Waals surface area contributed by atoms with Crippen LogP contribution in [0.3, 0.4) is 0 Å². The van der Waals surface area contributed by atoms with Crippen molar-refractivity contribution in [2.45, 2.75) is 32.2 Å². The van der Waals surface area contributed by atoms with E-state index >= 15 is 0 Å². The number of hydrogen-bond acceptors (Lipinski definition) is 3. The Morgan fingerprint density at radius 2 is 2.28 bits per heavy atom. The van der Waals surface area contributed by atoms with Gasteiger partial charge in [-0.3, -0.25) is 0 Å². The number of amides is 2. The van der Waals surface area contributed by atoms with Crippen molar-refractivity contribution in [1.82, 2.24) is 15.2 Å². The molecule has 18 heavy (non-hydrogen) atoms. The molecule has 5 heteroatoms. The van der Waals surface area contributed by atoms with Gasteiger partial charge in [-0.1, -0.05) is 19.3 Å². The standard InChI is InChI=1S/C13H19N3OS/c1-9(12-14-5-6-18-12)15-13(17)16-7-11(8-16)10-3-2-4-10/h5-6,9-11H,2-4,7-8H2,1H3,(H,15,17). The maximum atomic E-state index is 12.0. The second kappa shape index (κ2) is 4.88. The van der Waals surface area contributed by atoms with E-state index in [4.69, 9.17) is 0 Å². The van der Waals surface area contributed by atoms with Crippen LogP contribution < -0.4 is 5.32 Å². The number of thiazole rings is 1. The summed E-state index contributed by atoms with van der Waals surface area (Å²) < 4.78 is 0. The molecule has 2 heterocycles. The first kappa shape index (κ1) is 12.0. The minimum atomic E-state index is 0.0141. The van der Waals surface area contributed by atoms with Crippen molar-refractivity contribution >= 4 is 17.4 Å². The van der Waals surface area contributed by atoms with Crippen LogP contribution in [-0.2, 0) is 0 Å². The minimum Gasteiger partial charge on any atom is -0.329 e. The van der Waals surface area contributed by atoms with E-state index in [1.807, 2.05) is 17.2 Å². The van der Waals surface area contributed by atoms with Crippen molar-refractivity contribution in [3.63, 3.8) is 0 Å². The molecule has 1 N–H and O–H groups in total. The van der Waals surface area contributed by atoms with Crippen LogP contribution in [0.1, 0.15) is 37.2 Å². The molecule has 1 aliphatic carbocycles. The molecule has 1 aromatic heterocycles. The van der Waals surface area contributed by atoms with Gasteiger partial charge in [-0.25, -0.2) is 9.78 Å². The molecule has 0 spiro atoms. The van der Waals surface area contributed by atoms with Crippen LogP contribution in [0.5, 0.6) is 0 Å². The lowest BCUT2D eigenvalue weighted by molar-refractivity contribution is 0.0509. The molecule has 4 nitrogen and oxygen atoms in total.